The summed E-state index contributed by atoms with van der Waals surface area (Å²) in [7, 11) is 0. The predicted octanol–water partition coefficient (Wildman–Crippen LogP) is 4.63. The van der Waals surface area contributed by atoms with Crippen molar-refractivity contribution in [3.63, 3.8) is 0 Å². The van der Waals surface area contributed by atoms with Gasteiger partial charge in [-0.15, -0.1) is 0 Å². The van der Waals surface area contributed by atoms with Crippen LogP contribution in [0.2, 0.25) is 0 Å². The number of rotatable bonds is 7. The molecule has 1 saturated carbocycles. The summed E-state index contributed by atoms with van der Waals surface area (Å²) in [6.07, 6.45) is 1.91. The fraction of sp³-hybridized carbons (Fsp3) is 0.364. The van der Waals surface area contributed by atoms with Crippen molar-refractivity contribution in [1.29, 1.82) is 0 Å². The Kier molecular flexibility index (Phi) is 5.79. The van der Waals surface area contributed by atoms with Gasteiger partial charge in [0.2, 0.25) is 5.91 Å². The number of hydrogen-bond acceptors (Lipinski definition) is 3. The highest BCUT2D eigenvalue weighted by Crippen LogP contribution is 2.31. The van der Waals surface area contributed by atoms with Crippen LogP contribution >= 0.6 is 0 Å². The lowest BCUT2D eigenvalue weighted by Crippen LogP contribution is -2.16. The van der Waals surface area contributed by atoms with Crippen LogP contribution in [0.15, 0.2) is 42.5 Å². The van der Waals surface area contributed by atoms with Gasteiger partial charge in [-0.3, -0.25) is 9.59 Å². The molecule has 0 saturated heterocycles. The van der Waals surface area contributed by atoms with Crippen LogP contribution in [0.4, 0.5) is 11.4 Å². The highest BCUT2D eigenvalue weighted by Gasteiger charge is 2.29. The number of nitrogens with one attached hydrogen (secondary N) is 2. The van der Waals surface area contributed by atoms with Crippen LogP contribution in [0.1, 0.15) is 42.6 Å². The van der Waals surface area contributed by atoms with Gasteiger partial charge in [0.1, 0.15) is 5.75 Å². The molecule has 2 aromatic rings. The van der Waals surface area contributed by atoms with Gasteiger partial charge >= 0.3 is 0 Å². The normalized spacial score (nSPS) is 13.3. The third-order valence-electron chi connectivity index (χ3n) is 4.49. The topological polar surface area (TPSA) is 67.4 Å². The van der Waals surface area contributed by atoms with Gasteiger partial charge < -0.3 is 15.4 Å². The summed E-state index contributed by atoms with van der Waals surface area (Å²) in [4.78, 5) is 24.6. The lowest BCUT2D eigenvalue weighted by atomic mass is 10.1. The molecule has 3 rings (SSSR count). The van der Waals surface area contributed by atoms with Crippen LogP contribution in [0.3, 0.4) is 0 Å². The number of carbonyl (C=O) groups excluding carboxylic acids is 2. The van der Waals surface area contributed by atoms with Crippen molar-refractivity contribution in [1.82, 2.24) is 0 Å². The fourth-order valence-electron chi connectivity index (χ4n) is 2.65. The molecular formula is C22H26N2O3. The Hall–Kier alpha value is -2.82. The molecule has 142 valence electrons. The average molecular weight is 366 g/mol. The van der Waals surface area contributed by atoms with Crippen LogP contribution in [0.5, 0.6) is 5.75 Å². The molecule has 2 N–H and O–H groups in total. The van der Waals surface area contributed by atoms with Crippen LogP contribution < -0.4 is 15.4 Å². The minimum Gasteiger partial charge on any atom is -0.493 e. The van der Waals surface area contributed by atoms with E-state index in [0.29, 0.717) is 23.8 Å². The van der Waals surface area contributed by atoms with Crippen molar-refractivity contribution in [2.24, 2.45) is 11.8 Å². The maximum atomic E-state index is 12.6. The van der Waals surface area contributed by atoms with E-state index in [1.807, 2.05) is 25.1 Å². The molecule has 0 atom stereocenters. The molecule has 27 heavy (non-hydrogen) atoms. The smallest absolute Gasteiger partial charge is 0.255 e. The summed E-state index contributed by atoms with van der Waals surface area (Å²) in [6.45, 7) is 6.71. The molecule has 0 bridgehead atoms. The van der Waals surface area contributed by atoms with E-state index in [9.17, 15) is 9.59 Å². The molecule has 2 amide bonds. The quantitative estimate of drug-likeness (QED) is 0.751. The average Bonchev–Trinajstić information content (AvgIpc) is 3.49. The molecule has 1 aliphatic rings. The zero-order chi connectivity index (χ0) is 19.4. The first-order chi connectivity index (χ1) is 12.9. The van der Waals surface area contributed by atoms with E-state index in [0.717, 1.165) is 29.8 Å². The van der Waals surface area contributed by atoms with Crippen molar-refractivity contribution < 1.29 is 14.3 Å². The first-order valence-electron chi connectivity index (χ1n) is 9.38. The lowest BCUT2D eigenvalue weighted by molar-refractivity contribution is -0.117. The fourth-order valence-corrected chi connectivity index (χ4v) is 2.65. The maximum absolute atomic E-state index is 12.6. The number of ether oxygens (including phenoxy) is 1. The molecule has 0 aliphatic heterocycles. The van der Waals surface area contributed by atoms with E-state index in [1.165, 1.54) is 0 Å². The van der Waals surface area contributed by atoms with Gasteiger partial charge in [-0.25, -0.2) is 0 Å². The molecule has 0 heterocycles. The third-order valence-corrected chi connectivity index (χ3v) is 4.49. The Morgan fingerprint density at radius 2 is 1.67 bits per heavy atom. The summed E-state index contributed by atoms with van der Waals surface area (Å²) < 4.78 is 5.64. The summed E-state index contributed by atoms with van der Waals surface area (Å²) in [6, 6.07) is 12.6. The molecule has 5 nitrogen and oxygen atoms in total. The van der Waals surface area contributed by atoms with Gasteiger partial charge in [-0.2, -0.15) is 0 Å². The number of benzene rings is 2. The molecule has 2 aromatic carbocycles. The second-order valence-electron chi connectivity index (χ2n) is 7.43. The molecule has 0 spiro atoms. The zero-order valence-electron chi connectivity index (χ0n) is 16.0. The Balaban J connectivity index is 1.65. The Bertz CT molecular complexity index is 824. The number of anilines is 2. The first-order valence-corrected chi connectivity index (χ1v) is 9.38. The lowest BCUT2D eigenvalue weighted by Gasteiger charge is -2.14. The predicted molar refractivity (Wildman–Crippen MR) is 107 cm³/mol. The van der Waals surface area contributed by atoms with E-state index < -0.39 is 0 Å². The van der Waals surface area contributed by atoms with E-state index in [-0.39, 0.29) is 17.7 Å². The molecule has 1 fully saturated rings. The molecule has 1 aliphatic carbocycles. The van der Waals surface area contributed by atoms with Gasteiger partial charge in [0.05, 0.1) is 6.61 Å². The Morgan fingerprint density at radius 3 is 2.26 bits per heavy atom. The molecular weight excluding hydrogens is 340 g/mol. The van der Waals surface area contributed by atoms with Gasteiger partial charge in [0.15, 0.2) is 0 Å². The van der Waals surface area contributed by atoms with E-state index in [1.54, 1.807) is 24.3 Å². The van der Waals surface area contributed by atoms with Gasteiger partial charge in [-0.1, -0.05) is 19.9 Å². The van der Waals surface area contributed by atoms with Crippen molar-refractivity contribution in [2.45, 2.75) is 33.6 Å². The molecule has 0 aromatic heterocycles. The summed E-state index contributed by atoms with van der Waals surface area (Å²) in [5, 5.41) is 5.87. The minimum atomic E-state index is -0.195. The van der Waals surface area contributed by atoms with Crippen molar-refractivity contribution >= 4 is 23.2 Å². The van der Waals surface area contributed by atoms with Crippen molar-refractivity contribution in [2.75, 3.05) is 17.2 Å². The summed E-state index contributed by atoms with van der Waals surface area (Å²) in [5.41, 5.74) is 2.83. The minimum absolute atomic E-state index is 0.0542. The van der Waals surface area contributed by atoms with Crippen molar-refractivity contribution in [3.05, 3.63) is 53.6 Å². The van der Waals surface area contributed by atoms with Crippen LogP contribution in [-0.4, -0.2) is 18.4 Å². The zero-order valence-corrected chi connectivity index (χ0v) is 16.0. The largest absolute Gasteiger partial charge is 0.493 e. The van der Waals surface area contributed by atoms with Gasteiger partial charge in [-0.05, 0) is 67.6 Å². The standard InChI is InChI=1S/C22H26N2O3/c1-14(2)13-27-18-11-9-17(10-12-18)22(26)24-20-6-4-5-19(15(20)3)23-21(25)16-7-8-16/h4-6,9-12,14,16H,7-8,13H2,1-3H3,(H,23,25)(H,24,26). The molecule has 0 unspecified atom stereocenters. The van der Waals surface area contributed by atoms with Gasteiger partial charge in [0, 0.05) is 22.9 Å². The van der Waals surface area contributed by atoms with E-state index >= 15 is 0 Å². The Labute approximate surface area is 160 Å². The summed E-state index contributed by atoms with van der Waals surface area (Å²) in [5.74, 6) is 1.20. The summed E-state index contributed by atoms with van der Waals surface area (Å²) >= 11 is 0. The Morgan fingerprint density at radius 1 is 1.04 bits per heavy atom. The second-order valence-corrected chi connectivity index (χ2v) is 7.43. The highest BCUT2D eigenvalue weighted by molar-refractivity contribution is 6.05. The van der Waals surface area contributed by atoms with E-state index in [2.05, 4.69) is 24.5 Å². The second kappa shape index (κ2) is 8.25. The van der Waals surface area contributed by atoms with Crippen LogP contribution in [0, 0.1) is 18.8 Å². The first kappa shape index (κ1) is 19.0. The van der Waals surface area contributed by atoms with Crippen molar-refractivity contribution in [3.8, 4) is 5.75 Å². The maximum Gasteiger partial charge on any atom is 0.255 e. The number of carbonyl (C=O) groups is 2. The highest BCUT2D eigenvalue weighted by atomic mass is 16.5. The number of hydrogen-bond donors (Lipinski definition) is 2. The van der Waals surface area contributed by atoms with Crippen LogP contribution in [0.25, 0.3) is 0 Å². The molecule has 0 radical (unpaired) electrons. The van der Waals surface area contributed by atoms with Gasteiger partial charge in [0.25, 0.3) is 5.91 Å². The monoisotopic (exact) mass is 366 g/mol. The molecule has 5 heteroatoms. The third kappa shape index (κ3) is 5.09. The number of amides is 2. The SMILES string of the molecule is Cc1c(NC(=O)c2ccc(OCC(C)C)cc2)cccc1NC(=O)C1CC1. The van der Waals surface area contributed by atoms with Crippen LogP contribution in [-0.2, 0) is 4.79 Å². The van der Waals surface area contributed by atoms with E-state index in [4.69, 9.17) is 4.74 Å².